The lowest BCUT2D eigenvalue weighted by atomic mass is 10.0. The molecule has 2 N–H and O–H groups in total. The molecule has 0 bridgehead atoms. The Labute approximate surface area is 193 Å². The third-order valence-corrected chi connectivity index (χ3v) is 5.19. The van der Waals surface area contributed by atoms with E-state index in [0.717, 1.165) is 16.8 Å². The van der Waals surface area contributed by atoms with Crippen LogP contribution in [-0.4, -0.2) is 35.3 Å². The van der Waals surface area contributed by atoms with Crippen molar-refractivity contribution < 1.29 is 28.7 Å². The maximum atomic E-state index is 12.2. The van der Waals surface area contributed by atoms with Crippen LogP contribution in [0.3, 0.4) is 0 Å². The van der Waals surface area contributed by atoms with E-state index >= 15 is 0 Å². The van der Waals surface area contributed by atoms with Gasteiger partial charge in [0.1, 0.15) is 10.8 Å². The van der Waals surface area contributed by atoms with Crippen molar-refractivity contribution in [1.29, 1.82) is 0 Å². The lowest BCUT2D eigenvalue weighted by Crippen LogP contribution is -2.44. The van der Waals surface area contributed by atoms with Crippen molar-refractivity contribution in [2.45, 2.75) is 20.3 Å². The van der Waals surface area contributed by atoms with Gasteiger partial charge in [-0.05, 0) is 42.3 Å². The zero-order valence-corrected chi connectivity index (χ0v) is 18.7. The molecule has 3 aromatic rings. The first-order valence-electron chi connectivity index (χ1n) is 9.85. The zero-order chi connectivity index (χ0) is 23.8. The van der Waals surface area contributed by atoms with Gasteiger partial charge in [0.2, 0.25) is 5.91 Å². The van der Waals surface area contributed by atoms with Crippen LogP contribution in [0, 0.1) is 6.92 Å². The van der Waals surface area contributed by atoms with Gasteiger partial charge in [0.05, 0.1) is 12.0 Å². The number of amides is 2. The van der Waals surface area contributed by atoms with Crippen LogP contribution >= 0.6 is 11.3 Å². The summed E-state index contributed by atoms with van der Waals surface area (Å²) in [4.78, 5) is 51.0. The second-order valence-corrected chi connectivity index (χ2v) is 7.87. The van der Waals surface area contributed by atoms with Crippen molar-refractivity contribution in [3.05, 3.63) is 70.2 Å². The van der Waals surface area contributed by atoms with Crippen molar-refractivity contribution in [1.82, 2.24) is 15.8 Å². The summed E-state index contributed by atoms with van der Waals surface area (Å²) < 4.78 is 9.98. The van der Waals surface area contributed by atoms with Crippen LogP contribution < -0.4 is 15.6 Å². The minimum absolute atomic E-state index is 0.0391. The van der Waals surface area contributed by atoms with Gasteiger partial charge in [0, 0.05) is 18.0 Å². The fourth-order valence-corrected chi connectivity index (χ4v) is 3.51. The van der Waals surface area contributed by atoms with Crippen LogP contribution in [0.25, 0.3) is 11.1 Å². The van der Waals surface area contributed by atoms with E-state index in [1.165, 1.54) is 18.3 Å². The van der Waals surface area contributed by atoms with Gasteiger partial charge in [-0.15, -0.1) is 11.3 Å². The number of carbonyl (C=O) groups is 4. The number of thiazole rings is 1. The molecule has 170 valence electrons. The maximum Gasteiger partial charge on any atom is 0.338 e. The molecule has 0 saturated carbocycles. The van der Waals surface area contributed by atoms with Gasteiger partial charge in [0.25, 0.3) is 5.91 Å². The number of nitrogens with zero attached hydrogens (tertiary/aromatic N) is 1. The molecule has 0 fully saturated rings. The van der Waals surface area contributed by atoms with E-state index in [9.17, 15) is 19.2 Å². The molecule has 0 radical (unpaired) electrons. The van der Waals surface area contributed by atoms with Crippen LogP contribution in [-0.2, 0) is 25.5 Å². The third-order valence-electron chi connectivity index (χ3n) is 4.22. The van der Waals surface area contributed by atoms with Crippen LogP contribution in [0.1, 0.15) is 28.0 Å². The summed E-state index contributed by atoms with van der Waals surface area (Å²) >= 11 is 1.35. The molecule has 0 aliphatic carbocycles. The summed E-state index contributed by atoms with van der Waals surface area (Å²) in [6.45, 7) is 2.61. The molecule has 0 saturated heterocycles. The second-order valence-electron chi connectivity index (χ2n) is 6.93. The van der Waals surface area contributed by atoms with Crippen LogP contribution in [0.2, 0.25) is 0 Å². The van der Waals surface area contributed by atoms with Crippen molar-refractivity contribution in [3.63, 3.8) is 0 Å². The van der Waals surface area contributed by atoms with E-state index in [4.69, 9.17) is 9.47 Å². The van der Waals surface area contributed by atoms with Gasteiger partial charge >= 0.3 is 11.9 Å². The first kappa shape index (κ1) is 23.6. The molecule has 9 nitrogen and oxygen atoms in total. The van der Waals surface area contributed by atoms with Crippen LogP contribution in [0.4, 0.5) is 0 Å². The molecule has 1 heterocycles. The van der Waals surface area contributed by atoms with Crippen molar-refractivity contribution in [2.75, 3.05) is 6.61 Å². The number of aromatic nitrogens is 1. The first-order valence-corrected chi connectivity index (χ1v) is 10.7. The average molecular weight is 468 g/mol. The smallest absolute Gasteiger partial charge is 0.338 e. The molecule has 2 amide bonds. The molecule has 0 aliphatic rings. The molecular weight excluding hydrogens is 446 g/mol. The van der Waals surface area contributed by atoms with Crippen molar-refractivity contribution in [3.8, 4) is 16.9 Å². The summed E-state index contributed by atoms with van der Waals surface area (Å²) in [5.41, 5.74) is 7.25. The molecule has 10 heteroatoms. The Balaban J connectivity index is 1.44. The number of ether oxygens (including phenoxy) is 2. The summed E-state index contributed by atoms with van der Waals surface area (Å²) in [6.07, 6.45) is 0.0391. The Morgan fingerprint density at radius 3 is 2.09 bits per heavy atom. The van der Waals surface area contributed by atoms with E-state index in [2.05, 4.69) is 15.8 Å². The number of carbonyl (C=O) groups excluding carboxylic acids is 4. The Hall–Kier alpha value is -4.05. The fourth-order valence-electron chi connectivity index (χ4n) is 2.74. The Kier molecular flexibility index (Phi) is 7.87. The van der Waals surface area contributed by atoms with E-state index in [-0.39, 0.29) is 12.0 Å². The van der Waals surface area contributed by atoms with E-state index < -0.39 is 30.4 Å². The molecule has 33 heavy (non-hydrogen) atoms. The third kappa shape index (κ3) is 7.25. The minimum Gasteiger partial charge on any atom is -0.452 e. The molecule has 0 atom stereocenters. The van der Waals surface area contributed by atoms with Crippen LogP contribution in [0.5, 0.6) is 5.75 Å². The number of hydrazine groups is 1. The van der Waals surface area contributed by atoms with Gasteiger partial charge < -0.3 is 9.47 Å². The molecule has 0 aliphatic heterocycles. The topological polar surface area (TPSA) is 124 Å². The summed E-state index contributed by atoms with van der Waals surface area (Å²) in [5.74, 6) is -1.73. The molecular formula is C23H21N3O6S. The number of rotatable bonds is 7. The van der Waals surface area contributed by atoms with Crippen LogP contribution in [0.15, 0.2) is 53.9 Å². The number of aryl methyl sites for hydroxylation is 1. The molecule has 0 unspecified atom stereocenters. The summed E-state index contributed by atoms with van der Waals surface area (Å²) in [6, 6.07) is 13.6. The largest absolute Gasteiger partial charge is 0.452 e. The monoisotopic (exact) mass is 467 g/mol. The fraction of sp³-hybridized carbons (Fsp3) is 0.174. The Morgan fingerprint density at radius 1 is 0.909 bits per heavy atom. The quantitative estimate of drug-likeness (QED) is 0.311. The average Bonchev–Trinajstić information content (AvgIpc) is 3.20. The van der Waals surface area contributed by atoms with Gasteiger partial charge in [-0.3, -0.25) is 25.2 Å². The first-order chi connectivity index (χ1) is 15.8. The maximum absolute atomic E-state index is 12.2. The number of hydrogen-bond acceptors (Lipinski definition) is 8. The van der Waals surface area contributed by atoms with Gasteiger partial charge in [0.15, 0.2) is 6.61 Å². The number of nitrogens with one attached hydrogen (secondary N) is 2. The highest BCUT2D eigenvalue weighted by atomic mass is 32.1. The molecule has 3 rings (SSSR count). The number of benzene rings is 2. The molecule has 0 spiro atoms. The van der Waals surface area contributed by atoms with Gasteiger partial charge in [-0.25, -0.2) is 9.78 Å². The minimum atomic E-state index is -0.675. The Bertz CT molecular complexity index is 1160. The van der Waals surface area contributed by atoms with Crippen molar-refractivity contribution in [2.24, 2.45) is 0 Å². The Morgan fingerprint density at radius 2 is 1.52 bits per heavy atom. The zero-order valence-electron chi connectivity index (χ0n) is 17.9. The number of esters is 2. The summed E-state index contributed by atoms with van der Waals surface area (Å²) in [5, 5.41) is 2.46. The number of hydrogen-bond donors (Lipinski definition) is 2. The lowest BCUT2D eigenvalue weighted by Gasteiger charge is -2.08. The molecule has 1 aromatic heterocycles. The van der Waals surface area contributed by atoms with E-state index in [1.807, 2.05) is 12.3 Å². The highest BCUT2D eigenvalue weighted by Gasteiger charge is 2.12. The highest BCUT2D eigenvalue weighted by Crippen LogP contribution is 2.23. The van der Waals surface area contributed by atoms with Crippen molar-refractivity contribution >= 4 is 35.1 Å². The summed E-state index contributed by atoms with van der Waals surface area (Å²) in [7, 11) is 0. The van der Waals surface area contributed by atoms with Gasteiger partial charge in [-0.2, -0.15) is 0 Å². The lowest BCUT2D eigenvalue weighted by molar-refractivity contribution is -0.131. The van der Waals surface area contributed by atoms with Gasteiger partial charge in [-0.1, -0.05) is 24.3 Å². The predicted molar refractivity (Wildman–Crippen MR) is 120 cm³/mol. The predicted octanol–water partition coefficient (Wildman–Crippen LogP) is 2.59. The van der Waals surface area contributed by atoms with E-state index in [1.54, 1.807) is 48.5 Å². The SMILES string of the molecule is CC(=O)Oc1ccc(-c2ccc(C(=O)OCC(=O)NNC(=O)Cc3nc(C)cs3)cc2)cc1. The highest BCUT2D eigenvalue weighted by molar-refractivity contribution is 7.09. The standard InChI is InChI=1S/C23H21N3O6S/c1-14-13-33-22(24-14)11-20(28)25-26-21(29)12-31-23(30)18-5-3-16(4-6-18)17-7-9-19(10-8-17)32-15(2)27/h3-10,13H,11-12H2,1-2H3,(H,25,28)(H,26,29). The second kappa shape index (κ2) is 11.0. The normalized spacial score (nSPS) is 10.2. The van der Waals surface area contributed by atoms with E-state index in [0.29, 0.717) is 10.8 Å². The molecule has 2 aromatic carbocycles.